The number of hydrogen-bond donors (Lipinski definition) is 2. The van der Waals surface area contributed by atoms with Crippen LogP contribution in [0.1, 0.15) is 21.6 Å². The van der Waals surface area contributed by atoms with Gasteiger partial charge in [0.15, 0.2) is 0 Å². The van der Waals surface area contributed by atoms with Crippen LogP contribution >= 0.6 is 0 Å². The van der Waals surface area contributed by atoms with E-state index in [-0.39, 0.29) is 18.6 Å². The molecule has 0 saturated carbocycles. The monoisotopic (exact) mass is 271 g/mol. The number of benzene rings is 1. The third kappa shape index (κ3) is 3.61. The first-order chi connectivity index (χ1) is 9.70. The Morgan fingerprint density at radius 3 is 2.75 bits per heavy atom. The molecular formula is C15H17N3O2. The topological polar surface area (TPSA) is 75.1 Å². The van der Waals surface area contributed by atoms with Crippen LogP contribution in [0.5, 0.6) is 0 Å². The summed E-state index contributed by atoms with van der Waals surface area (Å²) in [5.41, 5.74) is 2.11. The molecule has 2 aromatic rings. The van der Waals surface area contributed by atoms with Crippen molar-refractivity contribution in [2.45, 2.75) is 19.4 Å². The van der Waals surface area contributed by atoms with Gasteiger partial charge in [-0.1, -0.05) is 30.3 Å². The van der Waals surface area contributed by atoms with Gasteiger partial charge in [-0.05, 0) is 18.9 Å². The van der Waals surface area contributed by atoms with Crippen molar-refractivity contribution >= 4 is 5.91 Å². The van der Waals surface area contributed by atoms with E-state index >= 15 is 0 Å². The third-order valence-corrected chi connectivity index (χ3v) is 3.04. The maximum Gasteiger partial charge on any atom is 0.255 e. The van der Waals surface area contributed by atoms with Gasteiger partial charge >= 0.3 is 0 Å². The highest BCUT2D eigenvalue weighted by molar-refractivity contribution is 5.95. The van der Waals surface area contributed by atoms with Gasteiger partial charge in [0.2, 0.25) is 0 Å². The number of nitrogens with one attached hydrogen (secondary N) is 1. The zero-order chi connectivity index (χ0) is 14.4. The molecule has 0 unspecified atom stereocenters. The first kappa shape index (κ1) is 14.1. The van der Waals surface area contributed by atoms with Gasteiger partial charge in [-0.2, -0.15) is 0 Å². The van der Waals surface area contributed by atoms with E-state index in [4.69, 9.17) is 0 Å². The Labute approximate surface area is 117 Å². The minimum Gasteiger partial charge on any atom is -0.394 e. The minimum absolute atomic E-state index is 0.118. The van der Waals surface area contributed by atoms with Crippen LogP contribution in [0.2, 0.25) is 0 Å². The van der Waals surface area contributed by atoms with Crippen LogP contribution in [0.15, 0.2) is 42.9 Å². The summed E-state index contributed by atoms with van der Waals surface area (Å²) in [6.07, 6.45) is 3.46. The lowest BCUT2D eigenvalue weighted by Gasteiger charge is -2.16. The van der Waals surface area contributed by atoms with Crippen LogP contribution in [-0.2, 0) is 6.42 Å². The minimum atomic E-state index is -0.329. The molecular weight excluding hydrogens is 254 g/mol. The second-order valence-corrected chi connectivity index (χ2v) is 4.56. The Morgan fingerprint density at radius 1 is 1.35 bits per heavy atom. The molecule has 5 nitrogen and oxygen atoms in total. The predicted octanol–water partition coefficient (Wildman–Crippen LogP) is 1.12. The summed E-state index contributed by atoms with van der Waals surface area (Å²) in [5, 5.41) is 12.2. The van der Waals surface area contributed by atoms with E-state index in [1.165, 1.54) is 12.5 Å². The van der Waals surface area contributed by atoms with Crippen molar-refractivity contribution in [3.63, 3.8) is 0 Å². The Kier molecular flexibility index (Phi) is 4.79. The highest BCUT2D eigenvalue weighted by atomic mass is 16.3. The maximum atomic E-state index is 12.1. The van der Waals surface area contributed by atoms with Gasteiger partial charge in [-0.25, -0.2) is 9.97 Å². The Bertz CT molecular complexity index is 572. The molecule has 0 aliphatic carbocycles. The summed E-state index contributed by atoms with van der Waals surface area (Å²) in [5.74, 6) is -0.266. The third-order valence-electron chi connectivity index (χ3n) is 3.04. The first-order valence-corrected chi connectivity index (χ1v) is 6.43. The summed E-state index contributed by atoms with van der Waals surface area (Å²) in [6, 6.07) is 9.39. The van der Waals surface area contributed by atoms with Crippen LogP contribution in [0.4, 0.5) is 0 Å². The number of aryl methyl sites for hydroxylation is 1. The summed E-state index contributed by atoms with van der Waals surface area (Å²) in [7, 11) is 0. The molecule has 0 radical (unpaired) electrons. The van der Waals surface area contributed by atoms with Crippen LogP contribution in [-0.4, -0.2) is 33.6 Å². The molecule has 1 aromatic carbocycles. The van der Waals surface area contributed by atoms with Crippen molar-refractivity contribution in [2.24, 2.45) is 0 Å². The number of amides is 1. The summed E-state index contributed by atoms with van der Waals surface area (Å²) < 4.78 is 0. The fourth-order valence-corrected chi connectivity index (χ4v) is 1.94. The van der Waals surface area contributed by atoms with Crippen molar-refractivity contribution in [3.05, 3.63) is 59.7 Å². The molecule has 0 aliphatic heterocycles. The van der Waals surface area contributed by atoms with Gasteiger partial charge in [-0.15, -0.1) is 0 Å². The standard InChI is InChI=1S/C15H17N3O2/c1-11-14(8-16-10-17-11)15(20)18-13(9-19)7-12-5-3-2-4-6-12/h2-6,8,10,13,19H,7,9H2,1H3,(H,18,20)/t13-/m0/s1. The quantitative estimate of drug-likeness (QED) is 0.854. The Balaban J connectivity index is 2.03. The van der Waals surface area contributed by atoms with Crippen LogP contribution in [0.25, 0.3) is 0 Å². The smallest absolute Gasteiger partial charge is 0.255 e. The molecule has 1 heterocycles. The van der Waals surface area contributed by atoms with Gasteiger partial charge in [0, 0.05) is 6.20 Å². The molecule has 20 heavy (non-hydrogen) atoms. The van der Waals surface area contributed by atoms with Gasteiger partial charge in [0.05, 0.1) is 23.9 Å². The molecule has 0 saturated heterocycles. The van der Waals surface area contributed by atoms with E-state index in [1.54, 1.807) is 6.92 Å². The molecule has 1 aromatic heterocycles. The molecule has 104 valence electrons. The van der Waals surface area contributed by atoms with Gasteiger partial charge in [-0.3, -0.25) is 4.79 Å². The van der Waals surface area contributed by atoms with Crippen LogP contribution < -0.4 is 5.32 Å². The highest BCUT2D eigenvalue weighted by Gasteiger charge is 2.15. The number of rotatable bonds is 5. The van der Waals surface area contributed by atoms with E-state index in [0.717, 1.165) is 5.56 Å². The SMILES string of the molecule is Cc1ncncc1C(=O)N[C@H](CO)Cc1ccccc1. The Hall–Kier alpha value is -2.27. The predicted molar refractivity (Wildman–Crippen MR) is 75.3 cm³/mol. The van der Waals surface area contributed by atoms with Crippen molar-refractivity contribution in [1.82, 2.24) is 15.3 Å². The van der Waals surface area contributed by atoms with Crippen LogP contribution in [0, 0.1) is 6.92 Å². The van der Waals surface area contributed by atoms with Crippen molar-refractivity contribution < 1.29 is 9.90 Å². The molecule has 2 rings (SSSR count). The lowest BCUT2D eigenvalue weighted by Crippen LogP contribution is -2.39. The lowest BCUT2D eigenvalue weighted by atomic mass is 10.1. The fraction of sp³-hybridized carbons (Fsp3) is 0.267. The maximum absolute atomic E-state index is 12.1. The molecule has 0 bridgehead atoms. The molecule has 1 amide bonds. The number of aliphatic hydroxyl groups is 1. The van der Waals surface area contributed by atoms with E-state index in [1.807, 2.05) is 30.3 Å². The van der Waals surface area contributed by atoms with Crippen LogP contribution in [0.3, 0.4) is 0 Å². The normalized spacial score (nSPS) is 11.9. The second-order valence-electron chi connectivity index (χ2n) is 4.56. The number of hydrogen-bond acceptors (Lipinski definition) is 4. The largest absolute Gasteiger partial charge is 0.394 e. The average molecular weight is 271 g/mol. The van der Waals surface area contributed by atoms with E-state index in [0.29, 0.717) is 17.7 Å². The van der Waals surface area contributed by atoms with Gasteiger partial charge < -0.3 is 10.4 Å². The molecule has 5 heteroatoms. The van der Waals surface area contributed by atoms with Crippen molar-refractivity contribution in [1.29, 1.82) is 0 Å². The highest BCUT2D eigenvalue weighted by Crippen LogP contribution is 2.06. The molecule has 2 N–H and O–H groups in total. The van der Waals surface area contributed by atoms with Crippen molar-refractivity contribution in [2.75, 3.05) is 6.61 Å². The zero-order valence-corrected chi connectivity index (χ0v) is 11.3. The number of nitrogens with zero attached hydrogens (tertiary/aromatic N) is 2. The number of carbonyl (C=O) groups excluding carboxylic acids is 1. The summed E-state index contributed by atoms with van der Waals surface area (Å²) in [6.45, 7) is 1.63. The van der Waals surface area contributed by atoms with E-state index in [2.05, 4.69) is 15.3 Å². The summed E-state index contributed by atoms with van der Waals surface area (Å²) in [4.78, 5) is 20.0. The van der Waals surface area contributed by atoms with Gasteiger partial charge in [0.25, 0.3) is 5.91 Å². The number of aliphatic hydroxyl groups excluding tert-OH is 1. The molecule has 0 fully saturated rings. The second kappa shape index (κ2) is 6.77. The number of aromatic nitrogens is 2. The molecule has 0 spiro atoms. The number of carbonyl (C=O) groups is 1. The lowest BCUT2D eigenvalue weighted by molar-refractivity contribution is 0.0915. The van der Waals surface area contributed by atoms with E-state index < -0.39 is 0 Å². The first-order valence-electron chi connectivity index (χ1n) is 6.43. The Morgan fingerprint density at radius 2 is 2.10 bits per heavy atom. The molecule has 1 atom stereocenters. The zero-order valence-electron chi connectivity index (χ0n) is 11.3. The average Bonchev–Trinajstić information content (AvgIpc) is 2.48. The molecule has 0 aliphatic rings. The van der Waals surface area contributed by atoms with E-state index in [9.17, 15) is 9.90 Å². The van der Waals surface area contributed by atoms with Gasteiger partial charge in [0.1, 0.15) is 6.33 Å². The summed E-state index contributed by atoms with van der Waals surface area (Å²) >= 11 is 0. The van der Waals surface area contributed by atoms with Crippen molar-refractivity contribution in [3.8, 4) is 0 Å². The fourth-order valence-electron chi connectivity index (χ4n) is 1.94.